The van der Waals surface area contributed by atoms with Crippen molar-refractivity contribution >= 4 is 46.6 Å². The lowest BCUT2D eigenvalue weighted by molar-refractivity contribution is -0.140. The predicted molar refractivity (Wildman–Crippen MR) is 120 cm³/mol. The van der Waals surface area contributed by atoms with Crippen molar-refractivity contribution in [2.45, 2.75) is 45.7 Å². The van der Waals surface area contributed by atoms with Gasteiger partial charge in [0.2, 0.25) is 11.8 Å². The molecule has 0 spiro atoms. The molecule has 2 rings (SSSR count). The second kappa shape index (κ2) is 11.4. The predicted octanol–water partition coefficient (Wildman–Crippen LogP) is 5.52. The lowest BCUT2D eigenvalue weighted by Gasteiger charge is -2.29. The number of hydrogen-bond acceptors (Lipinski definition) is 2. The molecule has 0 fully saturated rings. The third-order valence-corrected chi connectivity index (χ3v) is 5.59. The van der Waals surface area contributed by atoms with E-state index in [9.17, 15) is 9.59 Å². The molecule has 2 aromatic carbocycles. The van der Waals surface area contributed by atoms with Crippen LogP contribution in [0.3, 0.4) is 0 Å². The largest absolute Gasteiger partial charge is 0.354 e. The van der Waals surface area contributed by atoms with E-state index in [2.05, 4.69) is 12.2 Å². The Morgan fingerprint density at radius 2 is 1.66 bits per heavy atom. The van der Waals surface area contributed by atoms with Crippen LogP contribution in [-0.2, 0) is 22.6 Å². The molecule has 1 N–H and O–H groups in total. The highest BCUT2D eigenvalue weighted by atomic mass is 35.5. The molecule has 156 valence electrons. The van der Waals surface area contributed by atoms with Crippen LogP contribution < -0.4 is 5.32 Å². The molecule has 1 atom stereocenters. The topological polar surface area (TPSA) is 49.4 Å². The molecule has 0 radical (unpaired) electrons. The van der Waals surface area contributed by atoms with Gasteiger partial charge in [-0.2, -0.15) is 0 Å². The summed E-state index contributed by atoms with van der Waals surface area (Å²) >= 11 is 18.0. The first-order valence-electron chi connectivity index (χ1n) is 9.57. The minimum Gasteiger partial charge on any atom is -0.354 e. The van der Waals surface area contributed by atoms with Crippen molar-refractivity contribution in [3.8, 4) is 0 Å². The number of unbranched alkanes of at least 4 members (excludes halogenated alkanes) is 1. The van der Waals surface area contributed by atoms with Crippen LogP contribution in [0.4, 0.5) is 0 Å². The maximum Gasteiger partial charge on any atom is 0.242 e. The molecule has 2 aromatic rings. The summed E-state index contributed by atoms with van der Waals surface area (Å²) in [7, 11) is 0. The highest BCUT2D eigenvalue weighted by molar-refractivity contribution is 6.42. The first-order chi connectivity index (χ1) is 13.8. The number of halogens is 3. The molecule has 0 aliphatic rings. The van der Waals surface area contributed by atoms with Crippen LogP contribution in [-0.4, -0.2) is 29.3 Å². The van der Waals surface area contributed by atoms with Crippen molar-refractivity contribution in [2.24, 2.45) is 0 Å². The van der Waals surface area contributed by atoms with Crippen molar-refractivity contribution in [1.29, 1.82) is 0 Å². The van der Waals surface area contributed by atoms with Crippen molar-refractivity contribution < 1.29 is 9.59 Å². The zero-order chi connectivity index (χ0) is 21.4. The van der Waals surface area contributed by atoms with Gasteiger partial charge < -0.3 is 10.2 Å². The summed E-state index contributed by atoms with van der Waals surface area (Å²) in [5.74, 6) is -0.334. The summed E-state index contributed by atoms with van der Waals surface area (Å²) in [6, 6.07) is 11.7. The van der Waals surface area contributed by atoms with Gasteiger partial charge in [-0.1, -0.05) is 66.3 Å². The van der Waals surface area contributed by atoms with Gasteiger partial charge in [0.1, 0.15) is 6.04 Å². The number of hydrogen-bond donors (Lipinski definition) is 1. The SMILES string of the molecule is CCCCNC(=O)[C@@H](C)N(Cc1ccc(Cl)c(Cl)c1)C(=O)Cc1ccc(Cl)cc1. The zero-order valence-electron chi connectivity index (χ0n) is 16.6. The van der Waals surface area contributed by atoms with Crippen LogP contribution in [0, 0.1) is 0 Å². The van der Waals surface area contributed by atoms with Crippen LogP contribution in [0.2, 0.25) is 15.1 Å². The van der Waals surface area contributed by atoms with Gasteiger partial charge in [0.25, 0.3) is 0 Å². The molecule has 0 saturated heterocycles. The Morgan fingerprint density at radius 1 is 1.00 bits per heavy atom. The molecule has 0 aliphatic heterocycles. The summed E-state index contributed by atoms with van der Waals surface area (Å²) in [6.07, 6.45) is 2.05. The fraction of sp³-hybridized carbons (Fsp3) is 0.364. The summed E-state index contributed by atoms with van der Waals surface area (Å²) in [4.78, 5) is 27.3. The Labute approximate surface area is 187 Å². The monoisotopic (exact) mass is 454 g/mol. The normalized spacial score (nSPS) is 11.8. The van der Waals surface area contributed by atoms with Gasteiger partial charge in [0.15, 0.2) is 0 Å². The number of carbonyl (C=O) groups excluding carboxylic acids is 2. The van der Waals surface area contributed by atoms with Crippen LogP contribution in [0.25, 0.3) is 0 Å². The third-order valence-electron chi connectivity index (χ3n) is 4.60. The van der Waals surface area contributed by atoms with Crippen LogP contribution in [0.15, 0.2) is 42.5 Å². The van der Waals surface area contributed by atoms with Gasteiger partial charge in [-0.15, -0.1) is 0 Å². The van der Waals surface area contributed by atoms with E-state index in [0.29, 0.717) is 21.6 Å². The minimum absolute atomic E-state index is 0.156. The maximum atomic E-state index is 13.1. The number of nitrogens with zero attached hydrogens (tertiary/aromatic N) is 1. The number of nitrogens with one attached hydrogen (secondary N) is 1. The Balaban J connectivity index is 2.20. The van der Waals surface area contributed by atoms with Gasteiger partial charge in [-0.3, -0.25) is 9.59 Å². The molecule has 0 saturated carbocycles. The van der Waals surface area contributed by atoms with Crippen molar-refractivity contribution in [3.63, 3.8) is 0 Å². The molecule has 29 heavy (non-hydrogen) atoms. The highest BCUT2D eigenvalue weighted by Crippen LogP contribution is 2.24. The Bertz CT molecular complexity index is 840. The zero-order valence-corrected chi connectivity index (χ0v) is 18.8. The minimum atomic E-state index is -0.624. The molecular weight excluding hydrogens is 431 g/mol. The van der Waals surface area contributed by atoms with E-state index >= 15 is 0 Å². The van der Waals surface area contributed by atoms with Crippen molar-refractivity contribution in [1.82, 2.24) is 10.2 Å². The number of rotatable bonds is 9. The van der Waals surface area contributed by atoms with Gasteiger partial charge in [-0.25, -0.2) is 0 Å². The second-order valence-corrected chi connectivity index (χ2v) is 8.14. The van der Waals surface area contributed by atoms with E-state index in [-0.39, 0.29) is 24.8 Å². The van der Waals surface area contributed by atoms with Gasteiger partial charge in [0, 0.05) is 18.1 Å². The first-order valence-corrected chi connectivity index (χ1v) is 10.7. The average Bonchev–Trinajstić information content (AvgIpc) is 2.70. The molecule has 4 nitrogen and oxygen atoms in total. The molecule has 0 aromatic heterocycles. The highest BCUT2D eigenvalue weighted by Gasteiger charge is 2.26. The molecular formula is C22H25Cl3N2O2. The lowest BCUT2D eigenvalue weighted by Crippen LogP contribution is -2.48. The number of amides is 2. The van der Waals surface area contributed by atoms with Crippen molar-refractivity contribution in [3.05, 3.63) is 68.7 Å². The van der Waals surface area contributed by atoms with E-state index in [0.717, 1.165) is 24.0 Å². The van der Waals surface area contributed by atoms with Crippen LogP contribution >= 0.6 is 34.8 Å². The quantitative estimate of drug-likeness (QED) is 0.506. The molecule has 0 unspecified atom stereocenters. The summed E-state index contributed by atoms with van der Waals surface area (Å²) in [6.45, 7) is 4.64. The van der Waals surface area contributed by atoms with E-state index in [1.165, 1.54) is 0 Å². The Hall–Kier alpha value is -1.75. The molecule has 0 aliphatic carbocycles. The van der Waals surface area contributed by atoms with E-state index < -0.39 is 6.04 Å². The fourth-order valence-corrected chi connectivity index (χ4v) is 3.28. The fourth-order valence-electron chi connectivity index (χ4n) is 2.83. The van der Waals surface area contributed by atoms with Crippen LogP contribution in [0.1, 0.15) is 37.8 Å². The summed E-state index contributed by atoms with van der Waals surface area (Å²) < 4.78 is 0. The van der Waals surface area contributed by atoms with E-state index in [1.54, 1.807) is 42.2 Å². The van der Waals surface area contributed by atoms with E-state index in [1.807, 2.05) is 12.1 Å². The third kappa shape index (κ3) is 7.22. The number of benzene rings is 2. The molecule has 7 heteroatoms. The Kier molecular flexibility index (Phi) is 9.28. The Morgan fingerprint density at radius 3 is 2.28 bits per heavy atom. The lowest BCUT2D eigenvalue weighted by atomic mass is 10.1. The smallest absolute Gasteiger partial charge is 0.242 e. The van der Waals surface area contributed by atoms with Crippen LogP contribution in [0.5, 0.6) is 0 Å². The van der Waals surface area contributed by atoms with E-state index in [4.69, 9.17) is 34.8 Å². The number of carbonyl (C=O) groups is 2. The van der Waals surface area contributed by atoms with Gasteiger partial charge >= 0.3 is 0 Å². The van der Waals surface area contributed by atoms with Crippen molar-refractivity contribution in [2.75, 3.05) is 6.54 Å². The first kappa shape index (κ1) is 23.5. The molecule has 0 bridgehead atoms. The standard InChI is InChI=1S/C22H25Cl3N2O2/c1-3-4-11-26-22(29)15(2)27(14-17-7-10-19(24)20(25)12-17)21(28)13-16-5-8-18(23)9-6-16/h5-10,12,15H,3-4,11,13-14H2,1-2H3,(H,26,29)/t15-/m1/s1. The average molecular weight is 456 g/mol. The maximum absolute atomic E-state index is 13.1. The molecule has 0 heterocycles. The van der Waals surface area contributed by atoms with Gasteiger partial charge in [0.05, 0.1) is 16.5 Å². The molecule has 2 amide bonds. The van der Waals surface area contributed by atoms with Gasteiger partial charge in [-0.05, 0) is 48.7 Å². The summed E-state index contributed by atoms with van der Waals surface area (Å²) in [5, 5.41) is 4.36. The second-order valence-electron chi connectivity index (χ2n) is 6.89. The summed E-state index contributed by atoms with van der Waals surface area (Å²) in [5.41, 5.74) is 1.63.